The Morgan fingerprint density at radius 3 is 3.00 bits per heavy atom. The van der Waals surface area contributed by atoms with Gasteiger partial charge in [0.05, 0.1) is 24.9 Å². The van der Waals surface area contributed by atoms with Crippen molar-refractivity contribution < 1.29 is 9.90 Å². The molecule has 0 spiro atoms. The highest BCUT2D eigenvalue weighted by Gasteiger charge is 2.31. The lowest BCUT2D eigenvalue weighted by Gasteiger charge is -2.17. The number of hydrogen-bond acceptors (Lipinski definition) is 4. The van der Waals surface area contributed by atoms with Crippen molar-refractivity contribution in [2.75, 3.05) is 25.0 Å². The molecule has 1 aliphatic carbocycles. The van der Waals surface area contributed by atoms with Gasteiger partial charge in [-0.1, -0.05) is 0 Å². The molecular weight excluding hydrogens is 256 g/mol. The van der Waals surface area contributed by atoms with Crippen LogP contribution in [-0.2, 0) is 4.79 Å². The summed E-state index contributed by atoms with van der Waals surface area (Å²) in [5, 5.41) is 16.7. The molecule has 20 heavy (non-hydrogen) atoms. The van der Waals surface area contributed by atoms with E-state index in [0.29, 0.717) is 25.0 Å². The van der Waals surface area contributed by atoms with Gasteiger partial charge in [-0.25, -0.2) is 4.68 Å². The van der Waals surface area contributed by atoms with Crippen LogP contribution in [0.5, 0.6) is 0 Å². The number of rotatable bonds is 5. The number of carbonyl (C=O) groups excluding carboxylic acids is 1. The Labute approximate surface area is 118 Å². The van der Waals surface area contributed by atoms with Crippen molar-refractivity contribution >= 4 is 11.7 Å². The van der Waals surface area contributed by atoms with Gasteiger partial charge < -0.3 is 10.4 Å². The number of anilines is 1. The van der Waals surface area contributed by atoms with Gasteiger partial charge in [-0.15, -0.1) is 0 Å². The SMILES string of the molecule is CC(C1CC1)n1nccc1NC(=O)CN1CC[C@@H](O)C1. The Morgan fingerprint density at radius 1 is 1.55 bits per heavy atom. The van der Waals surface area contributed by atoms with Crippen LogP contribution in [0.15, 0.2) is 12.3 Å². The fraction of sp³-hybridized carbons (Fsp3) is 0.714. The van der Waals surface area contributed by atoms with Gasteiger partial charge in [0.25, 0.3) is 0 Å². The lowest BCUT2D eigenvalue weighted by molar-refractivity contribution is -0.117. The normalized spacial score (nSPS) is 24.8. The molecule has 0 bridgehead atoms. The van der Waals surface area contributed by atoms with Crippen molar-refractivity contribution in [3.8, 4) is 0 Å². The summed E-state index contributed by atoms with van der Waals surface area (Å²) in [7, 11) is 0. The Kier molecular flexibility index (Phi) is 3.76. The number of nitrogens with one attached hydrogen (secondary N) is 1. The largest absolute Gasteiger partial charge is 0.392 e. The number of hydrogen-bond donors (Lipinski definition) is 2. The molecule has 1 unspecified atom stereocenters. The molecule has 0 radical (unpaired) electrons. The van der Waals surface area contributed by atoms with Crippen LogP contribution in [0.2, 0.25) is 0 Å². The van der Waals surface area contributed by atoms with Gasteiger partial charge >= 0.3 is 0 Å². The fourth-order valence-electron chi connectivity index (χ4n) is 2.86. The highest BCUT2D eigenvalue weighted by atomic mass is 16.3. The van der Waals surface area contributed by atoms with Crippen LogP contribution < -0.4 is 5.32 Å². The standard InChI is InChI=1S/C14H22N4O2/c1-10(11-2-3-11)18-13(4-6-15-18)16-14(20)9-17-7-5-12(19)8-17/h4,6,10-12,19H,2-3,5,7-9H2,1H3,(H,16,20)/t10?,12-/m1/s1. The number of amides is 1. The lowest BCUT2D eigenvalue weighted by atomic mass is 10.2. The monoisotopic (exact) mass is 278 g/mol. The zero-order valence-corrected chi connectivity index (χ0v) is 11.8. The first-order valence-corrected chi connectivity index (χ1v) is 7.37. The van der Waals surface area contributed by atoms with Gasteiger partial charge in [0, 0.05) is 19.2 Å². The van der Waals surface area contributed by atoms with Crippen molar-refractivity contribution in [2.45, 2.75) is 38.3 Å². The van der Waals surface area contributed by atoms with Crippen LogP contribution in [0.25, 0.3) is 0 Å². The number of aliphatic hydroxyl groups excluding tert-OH is 1. The second-order valence-electron chi connectivity index (χ2n) is 5.96. The van der Waals surface area contributed by atoms with Gasteiger partial charge in [-0.3, -0.25) is 9.69 Å². The third kappa shape index (κ3) is 3.02. The second kappa shape index (κ2) is 5.54. The Hall–Kier alpha value is -1.40. The summed E-state index contributed by atoms with van der Waals surface area (Å²) in [6.07, 6.45) is 4.70. The van der Waals surface area contributed by atoms with Crippen LogP contribution in [0.1, 0.15) is 32.2 Å². The van der Waals surface area contributed by atoms with Crippen molar-refractivity contribution in [3.63, 3.8) is 0 Å². The van der Waals surface area contributed by atoms with Gasteiger partial charge in [-0.2, -0.15) is 5.10 Å². The van der Waals surface area contributed by atoms with Gasteiger partial charge in [0.1, 0.15) is 5.82 Å². The minimum Gasteiger partial charge on any atom is -0.392 e. The van der Waals surface area contributed by atoms with Crippen LogP contribution >= 0.6 is 0 Å². The number of aliphatic hydroxyl groups is 1. The highest BCUT2D eigenvalue weighted by molar-refractivity contribution is 5.91. The summed E-state index contributed by atoms with van der Waals surface area (Å²) in [5.41, 5.74) is 0. The van der Waals surface area contributed by atoms with E-state index in [4.69, 9.17) is 0 Å². The van der Waals surface area contributed by atoms with Crippen LogP contribution in [-0.4, -0.2) is 51.4 Å². The number of carbonyl (C=O) groups is 1. The van der Waals surface area contributed by atoms with Crippen LogP contribution in [0, 0.1) is 5.92 Å². The zero-order valence-electron chi connectivity index (χ0n) is 11.8. The fourth-order valence-corrected chi connectivity index (χ4v) is 2.86. The van der Waals surface area contributed by atoms with Crippen LogP contribution in [0.3, 0.4) is 0 Å². The van der Waals surface area contributed by atoms with E-state index < -0.39 is 0 Å². The van der Waals surface area contributed by atoms with E-state index in [9.17, 15) is 9.90 Å². The zero-order chi connectivity index (χ0) is 14.1. The van der Waals surface area contributed by atoms with E-state index in [1.165, 1.54) is 12.8 Å². The van der Waals surface area contributed by atoms with Gasteiger partial charge in [0.15, 0.2) is 0 Å². The van der Waals surface area contributed by atoms with Crippen molar-refractivity contribution in [1.29, 1.82) is 0 Å². The number of likely N-dealkylation sites (tertiary alicyclic amines) is 1. The number of nitrogens with zero attached hydrogens (tertiary/aromatic N) is 3. The van der Waals surface area contributed by atoms with Crippen molar-refractivity contribution in [1.82, 2.24) is 14.7 Å². The average Bonchev–Trinajstić information content (AvgIpc) is 3.04. The van der Waals surface area contributed by atoms with Crippen LogP contribution in [0.4, 0.5) is 5.82 Å². The van der Waals surface area contributed by atoms with Crippen molar-refractivity contribution in [3.05, 3.63) is 12.3 Å². The molecule has 1 aromatic heterocycles. The van der Waals surface area contributed by atoms with E-state index in [1.807, 2.05) is 15.6 Å². The number of β-amino-alcohol motifs (C(OH)–C–C–N with tert-alkyl or cyclic N) is 1. The summed E-state index contributed by atoms with van der Waals surface area (Å²) < 4.78 is 1.91. The quantitative estimate of drug-likeness (QED) is 0.838. The highest BCUT2D eigenvalue weighted by Crippen LogP contribution is 2.40. The Morgan fingerprint density at radius 2 is 2.35 bits per heavy atom. The topological polar surface area (TPSA) is 70.4 Å². The smallest absolute Gasteiger partial charge is 0.239 e. The van der Waals surface area contributed by atoms with E-state index in [-0.39, 0.29) is 12.0 Å². The third-order valence-electron chi connectivity index (χ3n) is 4.24. The molecule has 1 aliphatic heterocycles. The Bertz CT molecular complexity index is 483. The molecule has 2 atom stereocenters. The maximum Gasteiger partial charge on any atom is 0.239 e. The van der Waals surface area contributed by atoms with E-state index >= 15 is 0 Å². The molecule has 1 aromatic rings. The summed E-state index contributed by atoms with van der Waals surface area (Å²) >= 11 is 0. The average molecular weight is 278 g/mol. The lowest BCUT2D eigenvalue weighted by Crippen LogP contribution is -2.32. The molecule has 2 heterocycles. The van der Waals surface area contributed by atoms with E-state index in [2.05, 4.69) is 17.3 Å². The minimum atomic E-state index is -0.289. The van der Waals surface area contributed by atoms with Crippen molar-refractivity contribution in [2.24, 2.45) is 5.92 Å². The predicted molar refractivity (Wildman–Crippen MR) is 75.4 cm³/mol. The minimum absolute atomic E-state index is 0.0381. The van der Waals surface area contributed by atoms with E-state index in [0.717, 1.165) is 18.8 Å². The number of aromatic nitrogens is 2. The van der Waals surface area contributed by atoms with E-state index in [1.54, 1.807) is 6.20 Å². The molecular formula is C14H22N4O2. The summed E-state index contributed by atoms with van der Waals surface area (Å²) in [5.74, 6) is 1.43. The molecule has 1 saturated heterocycles. The molecule has 1 saturated carbocycles. The first-order chi connectivity index (χ1) is 9.63. The maximum atomic E-state index is 12.1. The first kappa shape index (κ1) is 13.6. The molecule has 3 rings (SSSR count). The third-order valence-corrected chi connectivity index (χ3v) is 4.24. The molecule has 2 fully saturated rings. The first-order valence-electron chi connectivity index (χ1n) is 7.37. The molecule has 0 aromatic carbocycles. The van der Waals surface area contributed by atoms with Gasteiger partial charge in [-0.05, 0) is 32.1 Å². The summed E-state index contributed by atoms with van der Waals surface area (Å²) in [4.78, 5) is 14.0. The molecule has 2 aliphatic rings. The summed E-state index contributed by atoms with van der Waals surface area (Å²) in [6.45, 7) is 3.86. The predicted octanol–water partition coefficient (Wildman–Crippen LogP) is 0.859. The molecule has 1 amide bonds. The molecule has 2 N–H and O–H groups in total. The maximum absolute atomic E-state index is 12.1. The Balaban J connectivity index is 1.57. The second-order valence-corrected chi connectivity index (χ2v) is 5.96. The molecule has 110 valence electrons. The molecule has 6 nitrogen and oxygen atoms in total. The summed E-state index contributed by atoms with van der Waals surface area (Å²) in [6, 6.07) is 2.18. The molecule has 6 heteroatoms. The van der Waals surface area contributed by atoms with Gasteiger partial charge in [0.2, 0.25) is 5.91 Å².